The second kappa shape index (κ2) is 7.98. The van der Waals surface area contributed by atoms with Gasteiger partial charge < -0.3 is 0 Å². The zero-order valence-corrected chi connectivity index (χ0v) is 15.0. The number of carbonyl (C=O) groups is 1. The maximum absolute atomic E-state index is 12.1. The molecule has 0 aliphatic carbocycles. The first-order valence-corrected chi connectivity index (χ1v) is 8.28. The number of nitrogens with one attached hydrogen (secondary N) is 2. The van der Waals surface area contributed by atoms with Crippen molar-refractivity contribution in [1.29, 1.82) is 0 Å². The highest BCUT2D eigenvalue weighted by molar-refractivity contribution is 6.33. The van der Waals surface area contributed by atoms with Gasteiger partial charge in [0, 0.05) is 33.3 Å². The number of nitrogens with zero attached hydrogens (tertiary/aromatic N) is 3. The Balaban J connectivity index is 1.70. The van der Waals surface area contributed by atoms with E-state index in [0.29, 0.717) is 16.3 Å². The molecule has 0 spiro atoms. The summed E-state index contributed by atoms with van der Waals surface area (Å²) < 4.78 is 0. The predicted molar refractivity (Wildman–Crippen MR) is 102 cm³/mol. The van der Waals surface area contributed by atoms with Crippen molar-refractivity contribution in [2.24, 2.45) is 5.10 Å². The molecule has 136 valence electrons. The molecule has 0 radical (unpaired) electrons. The van der Waals surface area contributed by atoms with Gasteiger partial charge in [0.15, 0.2) is 0 Å². The molecule has 2 N–H and O–H groups in total. The molecule has 10 heteroatoms. The lowest BCUT2D eigenvalue weighted by Gasteiger charge is -1.99. The van der Waals surface area contributed by atoms with Crippen molar-refractivity contribution in [3.63, 3.8) is 0 Å². The van der Waals surface area contributed by atoms with Gasteiger partial charge in [-0.05, 0) is 24.3 Å². The van der Waals surface area contributed by atoms with Gasteiger partial charge in [-0.2, -0.15) is 10.2 Å². The van der Waals surface area contributed by atoms with Crippen molar-refractivity contribution in [2.45, 2.75) is 0 Å². The number of aromatic nitrogens is 2. The highest BCUT2D eigenvalue weighted by Gasteiger charge is 2.11. The quantitative estimate of drug-likeness (QED) is 0.379. The first kappa shape index (κ1) is 18.6. The van der Waals surface area contributed by atoms with E-state index >= 15 is 0 Å². The monoisotopic (exact) mass is 403 g/mol. The number of carbonyl (C=O) groups excluding carboxylic acids is 1. The summed E-state index contributed by atoms with van der Waals surface area (Å²) in [5.41, 5.74) is 4.04. The van der Waals surface area contributed by atoms with Gasteiger partial charge in [-0.1, -0.05) is 35.3 Å². The Bertz CT molecular complexity index is 1030. The maximum atomic E-state index is 12.1. The molecule has 0 saturated heterocycles. The number of halogens is 2. The molecule has 0 aliphatic heterocycles. The summed E-state index contributed by atoms with van der Waals surface area (Å²) in [5, 5.41) is 22.1. The van der Waals surface area contributed by atoms with E-state index in [2.05, 4.69) is 20.7 Å². The standard InChI is InChI=1S/C17H11Cl2N5O3/c18-12-3-1-10(2-4-12)15-8-16(22-21-15)17(25)23-20-9-11-7-13(24(26)27)5-6-14(11)19/h1-9H,(H,21,22)(H,23,25). The molecule has 1 amide bonds. The van der Waals surface area contributed by atoms with Crippen LogP contribution in [0.2, 0.25) is 10.0 Å². The Morgan fingerprint density at radius 2 is 1.93 bits per heavy atom. The summed E-state index contributed by atoms with van der Waals surface area (Å²) in [4.78, 5) is 22.4. The highest BCUT2D eigenvalue weighted by Crippen LogP contribution is 2.21. The third kappa shape index (κ3) is 4.49. The number of H-pyrrole nitrogens is 1. The second-order valence-electron chi connectivity index (χ2n) is 5.34. The molecule has 8 nitrogen and oxygen atoms in total. The molecule has 27 heavy (non-hydrogen) atoms. The van der Waals surface area contributed by atoms with E-state index in [-0.39, 0.29) is 16.4 Å². The predicted octanol–water partition coefficient (Wildman–Crippen LogP) is 4.06. The molecule has 0 fully saturated rings. The van der Waals surface area contributed by atoms with Crippen molar-refractivity contribution < 1.29 is 9.72 Å². The lowest BCUT2D eigenvalue weighted by atomic mass is 10.1. The van der Waals surface area contributed by atoms with Gasteiger partial charge in [0.2, 0.25) is 0 Å². The topological polar surface area (TPSA) is 113 Å². The normalized spacial score (nSPS) is 10.9. The summed E-state index contributed by atoms with van der Waals surface area (Å²) >= 11 is 11.8. The molecule has 3 rings (SSSR count). The fourth-order valence-electron chi connectivity index (χ4n) is 2.17. The van der Waals surface area contributed by atoms with E-state index in [4.69, 9.17) is 23.2 Å². The van der Waals surface area contributed by atoms with E-state index in [1.165, 1.54) is 24.4 Å². The number of hydrazone groups is 1. The Labute approximate surface area is 163 Å². The molecule has 0 bridgehead atoms. The first-order valence-electron chi connectivity index (χ1n) is 7.53. The molecule has 3 aromatic rings. The summed E-state index contributed by atoms with van der Waals surface area (Å²) in [5.74, 6) is -0.527. The number of aromatic amines is 1. The van der Waals surface area contributed by atoms with Gasteiger partial charge in [0.25, 0.3) is 11.6 Å². The fourth-order valence-corrected chi connectivity index (χ4v) is 2.46. The van der Waals surface area contributed by atoms with Gasteiger partial charge in [-0.25, -0.2) is 5.43 Å². The average Bonchev–Trinajstić information content (AvgIpc) is 3.14. The van der Waals surface area contributed by atoms with E-state index in [1.807, 2.05) is 0 Å². The van der Waals surface area contributed by atoms with Crippen LogP contribution in [0.5, 0.6) is 0 Å². The zero-order chi connectivity index (χ0) is 19.4. The summed E-state index contributed by atoms with van der Waals surface area (Å²) in [7, 11) is 0. The number of hydrogen-bond donors (Lipinski definition) is 2. The highest BCUT2D eigenvalue weighted by atomic mass is 35.5. The Morgan fingerprint density at radius 1 is 1.19 bits per heavy atom. The Morgan fingerprint density at radius 3 is 2.63 bits per heavy atom. The first-order chi connectivity index (χ1) is 12.9. The van der Waals surface area contributed by atoms with E-state index in [1.54, 1.807) is 30.3 Å². The summed E-state index contributed by atoms with van der Waals surface area (Å²) in [6.07, 6.45) is 1.23. The SMILES string of the molecule is O=C(NN=Cc1cc([N+](=O)[O-])ccc1Cl)c1cc(-c2ccc(Cl)cc2)n[nH]1. The van der Waals surface area contributed by atoms with E-state index < -0.39 is 10.8 Å². The van der Waals surface area contributed by atoms with Crippen molar-refractivity contribution in [3.8, 4) is 11.3 Å². The number of benzene rings is 2. The van der Waals surface area contributed by atoms with E-state index in [0.717, 1.165) is 5.56 Å². The molecule has 1 heterocycles. The fraction of sp³-hybridized carbons (Fsp3) is 0. The van der Waals surface area contributed by atoms with Crippen LogP contribution in [0.15, 0.2) is 53.6 Å². The molecule has 0 unspecified atom stereocenters. The van der Waals surface area contributed by atoms with Crippen LogP contribution in [0, 0.1) is 10.1 Å². The van der Waals surface area contributed by atoms with Crippen LogP contribution in [0.3, 0.4) is 0 Å². The van der Waals surface area contributed by atoms with Crippen LogP contribution < -0.4 is 5.43 Å². The number of nitro groups is 1. The minimum atomic E-state index is -0.546. The van der Waals surface area contributed by atoms with Crippen LogP contribution in [0.1, 0.15) is 16.1 Å². The second-order valence-corrected chi connectivity index (χ2v) is 6.18. The van der Waals surface area contributed by atoms with Gasteiger partial charge in [0.05, 0.1) is 16.8 Å². The van der Waals surface area contributed by atoms with E-state index in [9.17, 15) is 14.9 Å². The molecule has 0 atom stereocenters. The third-order valence-electron chi connectivity index (χ3n) is 3.52. The Hall–Kier alpha value is -3.23. The van der Waals surface area contributed by atoms with Crippen molar-refractivity contribution in [2.75, 3.05) is 0 Å². The van der Waals surface area contributed by atoms with Crippen LogP contribution in [0.25, 0.3) is 11.3 Å². The number of hydrogen-bond acceptors (Lipinski definition) is 5. The number of nitro benzene ring substituents is 1. The molecule has 0 saturated carbocycles. The minimum absolute atomic E-state index is 0.131. The average molecular weight is 404 g/mol. The molecule has 1 aromatic heterocycles. The minimum Gasteiger partial charge on any atom is -0.272 e. The van der Waals surface area contributed by atoms with Crippen LogP contribution in [-0.4, -0.2) is 27.2 Å². The molecule has 0 aliphatic rings. The summed E-state index contributed by atoms with van der Waals surface area (Å²) in [6, 6.07) is 12.5. The van der Waals surface area contributed by atoms with Gasteiger partial charge in [-0.3, -0.25) is 20.0 Å². The smallest absolute Gasteiger partial charge is 0.272 e. The number of amides is 1. The van der Waals surface area contributed by atoms with Crippen LogP contribution in [-0.2, 0) is 0 Å². The van der Waals surface area contributed by atoms with Crippen molar-refractivity contribution >= 4 is 41.0 Å². The van der Waals surface area contributed by atoms with Crippen molar-refractivity contribution in [1.82, 2.24) is 15.6 Å². The summed E-state index contributed by atoms with van der Waals surface area (Å²) in [6.45, 7) is 0. The Kier molecular flexibility index (Phi) is 5.49. The molecular formula is C17H11Cl2N5O3. The lowest BCUT2D eigenvalue weighted by Crippen LogP contribution is -2.18. The van der Waals surface area contributed by atoms with Gasteiger partial charge in [-0.15, -0.1) is 0 Å². The van der Waals surface area contributed by atoms with Gasteiger partial charge >= 0.3 is 0 Å². The number of rotatable bonds is 5. The third-order valence-corrected chi connectivity index (χ3v) is 4.12. The number of non-ortho nitro benzene ring substituents is 1. The lowest BCUT2D eigenvalue weighted by molar-refractivity contribution is -0.384. The molecular weight excluding hydrogens is 393 g/mol. The van der Waals surface area contributed by atoms with Gasteiger partial charge in [0.1, 0.15) is 5.69 Å². The van der Waals surface area contributed by atoms with Crippen molar-refractivity contribution in [3.05, 3.63) is 79.9 Å². The van der Waals surface area contributed by atoms with Crippen LogP contribution >= 0.6 is 23.2 Å². The zero-order valence-electron chi connectivity index (χ0n) is 13.5. The van der Waals surface area contributed by atoms with Crippen LogP contribution in [0.4, 0.5) is 5.69 Å². The molecule has 2 aromatic carbocycles. The largest absolute Gasteiger partial charge is 0.289 e. The maximum Gasteiger partial charge on any atom is 0.289 e.